The molecule has 7 nitrogen and oxygen atoms in total. The van der Waals surface area contributed by atoms with Crippen molar-refractivity contribution >= 4 is 34.8 Å². The predicted molar refractivity (Wildman–Crippen MR) is 157 cm³/mol. The summed E-state index contributed by atoms with van der Waals surface area (Å²) in [6.45, 7) is 9.53. The molecule has 1 aliphatic rings. The maximum absolute atomic E-state index is 8.92. The third kappa shape index (κ3) is 4.55. The Bertz CT molecular complexity index is 1590. The van der Waals surface area contributed by atoms with Gasteiger partial charge in [0.25, 0.3) is 0 Å². The van der Waals surface area contributed by atoms with Gasteiger partial charge >= 0.3 is 0 Å². The first kappa shape index (κ1) is 24.9. The number of aryl methyl sites for hydroxylation is 2. The second kappa shape index (κ2) is 10.3. The van der Waals surface area contributed by atoms with Crippen molar-refractivity contribution < 1.29 is 0 Å². The number of benzene rings is 3. The van der Waals surface area contributed by atoms with Crippen LogP contribution in [0.2, 0.25) is 0 Å². The number of rotatable bonds is 7. The molecule has 0 saturated heterocycles. The first-order valence-electron chi connectivity index (χ1n) is 12.5. The van der Waals surface area contributed by atoms with Crippen molar-refractivity contribution in [1.82, 2.24) is 9.97 Å². The average molecular weight is 502 g/mol. The SMILES string of the molecule is C=C1c2c(C)cccc2C=C(CNc2ncnc(N)c2C(=N)c2cccc(CN)c2)N1c1ccccc1C. The van der Waals surface area contributed by atoms with Crippen molar-refractivity contribution in [2.24, 2.45) is 5.73 Å². The van der Waals surface area contributed by atoms with Crippen LogP contribution in [0.1, 0.15) is 38.9 Å². The van der Waals surface area contributed by atoms with E-state index in [1.54, 1.807) is 0 Å². The third-order valence-corrected chi connectivity index (χ3v) is 6.84. The Morgan fingerprint density at radius 3 is 2.55 bits per heavy atom. The lowest BCUT2D eigenvalue weighted by atomic mass is 9.93. The molecule has 6 N–H and O–H groups in total. The Morgan fingerprint density at radius 2 is 1.76 bits per heavy atom. The van der Waals surface area contributed by atoms with Crippen molar-refractivity contribution in [3.05, 3.63) is 124 Å². The monoisotopic (exact) mass is 501 g/mol. The fourth-order valence-corrected chi connectivity index (χ4v) is 4.93. The molecule has 7 heteroatoms. The van der Waals surface area contributed by atoms with Gasteiger partial charge in [-0.05, 0) is 54.3 Å². The molecule has 0 saturated carbocycles. The van der Waals surface area contributed by atoms with Crippen LogP contribution in [0.5, 0.6) is 0 Å². The van der Waals surface area contributed by atoms with Crippen molar-refractivity contribution in [1.29, 1.82) is 5.41 Å². The zero-order valence-electron chi connectivity index (χ0n) is 21.6. The quantitative estimate of drug-likeness (QED) is 0.249. The van der Waals surface area contributed by atoms with E-state index >= 15 is 0 Å². The van der Waals surface area contributed by atoms with Crippen LogP contribution in [0, 0.1) is 19.3 Å². The van der Waals surface area contributed by atoms with Crippen molar-refractivity contribution in [2.45, 2.75) is 20.4 Å². The second-order valence-corrected chi connectivity index (χ2v) is 9.36. The van der Waals surface area contributed by atoms with E-state index in [2.05, 4.69) is 77.0 Å². The third-order valence-electron chi connectivity index (χ3n) is 6.84. The Hall–Kier alpha value is -4.75. The van der Waals surface area contributed by atoms with Gasteiger partial charge in [-0.25, -0.2) is 9.97 Å². The lowest BCUT2D eigenvalue weighted by Crippen LogP contribution is -2.29. The summed E-state index contributed by atoms with van der Waals surface area (Å²) in [5.41, 5.74) is 22.0. The number of para-hydroxylation sites is 1. The van der Waals surface area contributed by atoms with Gasteiger partial charge in [0.15, 0.2) is 0 Å². The van der Waals surface area contributed by atoms with Gasteiger partial charge in [-0.3, -0.25) is 5.41 Å². The van der Waals surface area contributed by atoms with E-state index in [-0.39, 0.29) is 11.5 Å². The van der Waals surface area contributed by atoms with Crippen molar-refractivity contribution in [3.8, 4) is 0 Å². The van der Waals surface area contributed by atoms with Crippen molar-refractivity contribution in [2.75, 3.05) is 22.5 Å². The molecule has 0 amide bonds. The number of fused-ring (bicyclic) bond motifs is 1. The molecule has 190 valence electrons. The highest BCUT2D eigenvalue weighted by atomic mass is 15.2. The molecule has 1 aromatic heterocycles. The van der Waals surface area contributed by atoms with Crippen molar-refractivity contribution in [3.63, 3.8) is 0 Å². The first-order valence-corrected chi connectivity index (χ1v) is 12.5. The number of nitrogens with one attached hydrogen (secondary N) is 2. The lowest BCUT2D eigenvalue weighted by Gasteiger charge is -2.35. The van der Waals surface area contributed by atoms with Gasteiger partial charge in [-0.15, -0.1) is 0 Å². The maximum Gasteiger partial charge on any atom is 0.141 e. The zero-order valence-corrected chi connectivity index (χ0v) is 21.6. The van der Waals surface area contributed by atoms with Gasteiger partial charge in [0, 0.05) is 34.8 Å². The molecule has 0 aliphatic carbocycles. The van der Waals surface area contributed by atoms with Crippen LogP contribution in [0.15, 0.2) is 85.3 Å². The van der Waals surface area contributed by atoms with Gasteiger partial charge in [0.2, 0.25) is 0 Å². The molecule has 0 atom stereocenters. The molecule has 0 fully saturated rings. The van der Waals surface area contributed by atoms with Gasteiger partial charge in [0.05, 0.1) is 17.8 Å². The molecule has 0 unspecified atom stereocenters. The average Bonchev–Trinajstić information content (AvgIpc) is 2.92. The maximum atomic E-state index is 8.92. The van der Waals surface area contributed by atoms with E-state index in [1.807, 2.05) is 36.4 Å². The number of nitrogens with two attached hydrogens (primary N) is 2. The van der Waals surface area contributed by atoms with E-state index in [0.717, 1.165) is 39.3 Å². The lowest BCUT2D eigenvalue weighted by molar-refractivity contribution is 1.05. The Balaban J connectivity index is 1.54. The summed E-state index contributed by atoms with van der Waals surface area (Å²) in [5, 5.41) is 12.4. The fourth-order valence-electron chi connectivity index (χ4n) is 4.93. The molecule has 3 aromatic carbocycles. The normalized spacial score (nSPS) is 12.7. The molecule has 1 aliphatic heterocycles. The van der Waals surface area contributed by atoms with Crippen LogP contribution in [-0.4, -0.2) is 22.2 Å². The minimum Gasteiger partial charge on any atom is -0.383 e. The summed E-state index contributed by atoms with van der Waals surface area (Å²) in [4.78, 5) is 10.8. The van der Waals surface area contributed by atoms with E-state index in [9.17, 15) is 0 Å². The summed E-state index contributed by atoms with van der Waals surface area (Å²) < 4.78 is 0. The highest BCUT2D eigenvalue weighted by Gasteiger charge is 2.26. The zero-order chi connectivity index (χ0) is 26.8. The largest absolute Gasteiger partial charge is 0.383 e. The Kier molecular flexibility index (Phi) is 6.77. The van der Waals surface area contributed by atoms with Crippen LogP contribution in [-0.2, 0) is 6.54 Å². The van der Waals surface area contributed by atoms with Gasteiger partial charge in [-0.1, -0.05) is 61.2 Å². The first-order chi connectivity index (χ1) is 18.4. The minimum absolute atomic E-state index is 0.236. The van der Waals surface area contributed by atoms with Crippen LogP contribution < -0.4 is 21.7 Å². The predicted octanol–water partition coefficient (Wildman–Crippen LogP) is 5.49. The van der Waals surface area contributed by atoms with Gasteiger partial charge < -0.3 is 21.7 Å². The van der Waals surface area contributed by atoms with E-state index in [1.165, 1.54) is 11.9 Å². The topological polar surface area (TPSA) is 117 Å². The number of hydrogen-bond acceptors (Lipinski definition) is 7. The standard InChI is InChI=1S/C31H31N7/c1-19-8-4-5-13-26(19)38-21(3)27-20(2)9-6-11-23(27)15-25(38)17-35-31-28(30(34)36-18-37-31)29(33)24-12-7-10-22(14-24)16-32/h4-15,18,33H,3,16-17,32H2,1-2H3,(H3,34,35,36,37). The molecule has 0 spiro atoms. The molecule has 38 heavy (non-hydrogen) atoms. The van der Waals surface area contributed by atoms with E-state index in [4.69, 9.17) is 16.9 Å². The summed E-state index contributed by atoms with van der Waals surface area (Å²) in [6, 6.07) is 22.1. The van der Waals surface area contributed by atoms with E-state index < -0.39 is 0 Å². The van der Waals surface area contributed by atoms with Gasteiger partial charge in [-0.2, -0.15) is 0 Å². The molecule has 0 bridgehead atoms. The highest BCUT2D eigenvalue weighted by Crippen LogP contribution is 2.39. The molecular weight excluding hydrogens is 470 g/mol. The number of nitrogen functional groups attached to an aromatic ring is 1. The van der Waals surface area contributed by atoms with Crippen LogP contribution in [0.4, 0.5) is 17.3 Å². The van der Waals surface area contributed by atoms with E-state index in [0.29, 0.717) is 30.0 Å². The number of nitrogens with zero attached hydrogens (tertiary/aromatic N) is 3. The molecular formula is C31H31N7. The Labute approximate surface area is 223 Å². The second-order valence-electron chi connectivity index (χ2n) is 9.36. The van der Waals surface area contributed by atoms with Gasteiger partial charge in [0.1, 0.15) is 18.0 Å². The van der Waals surface area contributed by atoms with Crippen LogP contribution >= 0.6 is 0 Å². The summed E-state index contributed by atoms with van der Waals surface area (Å²) in [7, 11) is 0. The fraction of sp³-hybridized carbons (Fsp3) is 0.129. The summed E-state index contributed by atoms with van der Waals surface area (Å²) in [6.07, 6.45) is 3.59. The molecule has 2 heterocycles. The van der Waals surface area contributed by atoms with Crippen LogP contribution in [0.25, 0.3) is 11.8 Å². The number of anilines is 3. The summed E-state index contributed by atoms with van der Waals surface area (Å²) >= 11 is 0. The minimum atomic E-state index is 0.236. The number of hydrogen-bond donors (Lipinski definition) is 4. The molecule has 5 rings (SSSR count). The Morgan fingerprint density at radius 1 is 1.00 bits per heavy atom. The van der Waals surface area contributed by atoms with Crippen LogP contribution in [0.3, 0.4) is 0 Å². The molecule has 0 radical (unpaired) electrons. The smallest absolute Gasteiger partial charge is 0.141 e. The summed E-state index contributed by atoms with van der Waals surface area (Å²) in [5.74, 6) is 0.733. The number of aromatic nitrogens is 2. The molecule has 4 aromatic rings. The highest BCUT2D eigenvalue weighted by molar-refractivity contribution is 6.16.